The molecule has 0 amide bonds. The Morgan fingerprint density at radius 3 is 2.71 bits per heavy atom. The van der Waals surface area contributed by atoms with Crippen LogP contribution in [0.3, 0.4) is 0 Å². The van der Waals surface area contributed by atoms with Crippen LogP contribution >= 0.6 is 0 Å². The van der Waals surface area contributed by atoms with Gasteiger partial charge in [-0.1, -0.05) is 20.8 Å². The van der Waals surface area contributed by atoms with Crippen molar-refractivity contribution in [1.29, 1.82) is 0 Å². The second-order valence-electron chi connectivity index (χ2n) is 6.08. The molecule has 0 radical (unpaired) electrons. The smallest absolute Gasteiger partial charge is 0.152 e. The Morgan fingerprint density at radius 2 is 2.10 bits per heavy atom. The van der Waals surface area contributed by atoms with Crippen molar-refractivity contribution in [2.45, 2.75) is 32.3 Å². The molecule has 0 saturated carbocycles. The zero-order chi connectivity index (χ0) is 15.5. The first kappa shape index (κ1) is 15.7. The van der Waals surface area contributed by atoms with Gasteiger partial charge in [0, 0.05) is 38.6 Å². The zero-order valence-electron chi connectivity index (χ0n) is 13.4. The molecule has 0 saturated heterocycles. The Balaban J connectivity index is 2.22. The summed E-state index contributed by atoms with van der Waals surface area (Å²) in [4.78, 5) is 4.40. The molecule has 0 aliphatic rings. The maximum absolute atomic E-state index is 5.35. The fourth-order valence-corrected chi connectivity index (χ4v) is 2.03. The molecular formula is C15H24N4O2. The third kappa shape index (κ3) is 3.71. The maximum atomic E-state index is 5.35. The van der Waals surface area contributed by atoms with Gasteiger partial charge in [-0.25, -0.2) is 9.50 Å². The van der Waals surface area contributed by atoms with E-state index in [0.29, 0.717) is 13.2 Å². The summed E-state index contributed by atoms with van der Waals surface area (Å²) in [7, 11) is 3.34. The first-order chi connectivity index (χ1) is 9.95. The molecule has 0 aliphatic heterocycles. The summed E-state index contributed by atoms with van der Waals surface area (Å²) < 4.78 is 12.3. The van der Waals surface area contributed by atoms with Crippen LogP contribution in [0, 0.1) is 0 Å². The maximum Gasteiger partial charge on any atom is 0.152 e. The normalized spacial score (nSPS) is 13.6. The fourth-order valence-electron chi connectivity index (χ4n) is 2.03. The topological polar surface area (TPSA) is 60.7 Å². The zero-order valence-corrected chi connectivity index (χ0v) is 13.4. The minimum atomic E-state index is -0.0120. The number of ether oxygens (including phenoxy) is 2. The number of rotatable bonds is 6. The van der Waals surface area contributed by atoms with Crippen LogP contribution < -0.4 is 5.32 Å². The Kier molecular flexibility index (Phi) is 4.80. The Labute approximate surface area is 125 Å². The van der Waals surface area contributed by atoms with Crippen LogP contribution in [0.2, 0.25) is 0 Å². The standard InChI is InChI=1S/C15H24N4O2/c1-15(2,3)13-8-12-14(16-6-7-19(12)18-13)17-9-11(21-5)10-20-4/h6-8,11H,9-10H2,1-5H3,(H,16,17). The highest BCUT2D eigenvalue weighted by Gasteiger charge is 2.19. The monoisotopic (exact) mass is 292 g/mol. The minimum absolute atomic E-state index is 0.00834. The van der Waals surface area contributed by atoms with E-state index in [1.165, 1.54) is 0 Å². The lowest BCUT2D eigenvalue weighted by Gasteiger charge is -2.15. The predicted octanol–water partition coefficient (Wildman–Crippen LogP) is 2.10. The van der Waals surface area contributed by atoms with E-state index in [2.05, 4.69) is 42.2 Å². The molecule has 0 aromatic carbocycles. The van der Waals surface area contributed by atoms with E-state index in [1.54, 1.807) is 20.4 Å². The van der Waals surface area contributed by atoms with E-state index in [0.717, 1.165) is 17.0 Å². The molecule has 21 heavy (non-hydrogen) atoms. The number of methoxy groups -OCH3 is 2. The average Bonchev–Trinajstić information content (AvgIpc) is 2.88. The number of nitrogens with one attached hydrogen (secondary N) is 1. The van der Waals surface area contributed by atoms with Gasteiger partial charge in [0.1, 0.15) is 5.52 Å². The van der Waals surface area contributed by atoms with Crippen molar-refractivity contribution in [2.75, 3.05) is 32.7 Å². The molecule has 6 heteroatoms. The van der Waals surface area contributed by atoms with Crippen molar-refractivity contribution in [1.82, 2.24) is 14.6 Å². The Bertz CT molecular complexity index is 589. The van der Waals surface area contributed by atoms with Gasteiger partial charge in [0.15, 0.2) is 5.82 Å². The summed E-state index contributed by atoms with van der Waals surface area (Å²) in [6, 6.07) is 2.08. The molecule has 1 unspecified atom stereocenters. The molecule has 2 rings (SSSR count). The van der Waals surface area contributed by atoms with Gasteiger partial charge in [-0.3, -0.25) is 0 Å². The number of hydrogen-bond acceptors (Lipinski definition) is 5. The van der Waals surface area contributed by atoms with Crippen LogP contribution in [0.1, 0.15) is 26.5 Å². The molecule has 2 aromatic heterocycles. The summed E-state index contributed by atoms with van der Waals surface area (Å²) in [5, 5.41) is 7.92. The van der Waals surface area contributed by atoms with E-state index in [9.17, 15) is 0 Å². The lowest BCUT2D eigenvalue weighted by Crippen LogP contribution is -2.27. The number of aromatic nitrogens is 3. The van der Waals surface area contributed by atoms with Crippen molar-refractivity contribution in [3.05, 3.63) is 24.2 Å². The molecule has 0 spiro atoms. The molecule has 1 N–H and O–H groups in total. The number of nitrogens with zero attached hydrogens (tertiary/aromatic N) is 3. The lowest BCUT2D eigenvalue weighted by atomic mass is 9.92. The first-order valence-electron chi connectivity index (χ1n) is 7.06. The fraction of sp³-hybridized carbons (Fsp3) is 0.600. The highest BCUT2D eigenvalue weighted by atomic mass is 16.5. The van der Waals surface area contributed by atoms with Crippen LogP contribution in [-0.4, -0.2) is 48.1 Å². The van der Waals surface area contributed by atoms with Gasteiger partial charge in [0.25, 0.3) is 0 Å². The number of hydrogen-bond donors (Lipinski definition) is 1. The number of anilines is 1. The van der Waals surface area contributed by atoms with Crippen LogP contribution in [0.4, 0.5) is 5.82 Å². The average molecular weight is 292 g/mol. The Morgan fingerprint density at radius 1 is 1.33 bits per heavy atom. The van der Waals surface area contributed by atoms with Crippen molar-refractivity contribution in [3.63, 3.8) is 0 Å². The summed E-state index contributed by atoms with van der Waals surface area (Å²) in [6.07, 6.45) is 3.59. The third-order valence-corrected chi connectivity index (χ3v) is 3.34. The predicted molar refractivity (Wildman–Crippen MR) is 82.8 cm³/mol. The molecular weight excluding hydrogens is 268 g/mol. The van der Waals surface area contributed by atoms with Gasteiger partial charge < -0.3 is 14.8 Å². The molecule has 6 nitrogen and oxygen atoms in total. The summed E-state index contributed by atoms with van der Waals surface area (Å²) in [6.45, 7) is 7.62. The van der Waals surface area contributed by atoms with E-state index >= 15 is 0 Å². The van der Waals surface area contributed by atoms with E-state index < -0.39 is 0 Å². The largest absolute Gasteiger partial charge is 0.382 e. The lowest BCUT2D eigenvalue weighted by molar-refractivity contribution is 0.0365. The molecule has 0 bridgehead atoms. The molecule has 2 aromatic rings. The van der Waals surface area contributed by atoms with Crippen LogP contribution in [-0.2, 0) is 14.9 Å². The van der Waals surface area contributed by atoms with E-state index in [-0.39, 0.29) is 11.5 Å². The van der Waals surface area contributed by atoms with E-state index in [1.807, 2.05) is 10.7 Å². The van der Waals surface area contributed by atoms with Crippen molar-refractivity contribution >= 4 is 11.3 Å². The summed E-state index contributed by atoms with van der Waals surface area (Å²) in [5.74, 6) is 0.804. The molecule has 2 heterocycles. The first-order valence-corrected chi connectivity index (χ1v) is 7.06. The van der Waals surface area contributed by atoms with Gasteiger partial charge in [-0.05, 0) is 6.07 Å². The molecule has 0 aliphatic carbocycles. The summed E-state index contributed by atoms with van der Waals surface area (Å²) in [5.41, 5.74) is 2.02. The van der Waals surface area contributed by atoms with Gasteiger partial charge in [0.2, 0.25) is 0 Å². The van der Waals surface area contributed by atoms with E-state index in [4.69, 9.17) is 9.47 Å². The van der Waals surface area contributed by atoms with Crippen LogP contribution in [0.25, 0.3) is 5.52 Å². The van der Waals surface area contributed by atoms with Crippen LogP contribution in [0.15, 0.2) is 18.5 Å². The Hall–Kier alpha value is -1.66. The van der Waals surface area contributed by atoms with Crippen molar-refractivity contribution < 1.29 is 9.47 Å². The minimum Gasteiger partial charge on any atom is -0.382 e. The van der Waals surface area contributed by atoms with Crippen LogP contribution in [0.5, 0.6) is 0 Å². The molecule has 0 fully saturated rings. The quantitative estimate of drug-likeness (QED) is 0.883. The highest BCUT2D eigenvalue weighted by molar-refractivity contribution is 5.68. The van der Waals surface area contributed by atoms with Crippen molar-refractivity contribution in [2.24, 2.45) is 0 Å². The second-order valence-corrected chi connectivity index (χ2v) is 6.08. The molecule has 116 valence electrons. The van der Waals surface area contributed by atoms with Gasteiger partial charge in [0.05, 0.1) is 18.4 Å². The highest BCUT2D eigenvalue weighted by Crippen LogP contribution is 2.24. The summed E-state index contributed by atoms with van der Waals surface area (Å²) >= 11 is 0. The van der Waals surface area contributed by atoms with Gasteiger partial charge in [-0.2, -0.15) is 5.10 Å². The van der Waals surface area contributed by atoms with Gasteiger partial charge in [-0.15, -0.1) is 0 Å². The third-order valence-electron chi connectivity index (χ3n) is 3.34. The molecule has 1 atom stereocenters. The second kappa shape index (κ2) is 6.41. The van der Waals surface area contributed by atoms with Gasteiger partial charge >= 0.3 is 0 Å². The number of fused-ring (bicyclic) bond motifs is 1. The van der Waals surface area contributed by atoms with Crippen molar-refractivity contribution in [3.8, 4) is 0 Å². The SMILES string of the molecule is COCC(CNc1nccn2nc(C(C)(C)C)cc12)OC.